The van der Waals surface area contributed by atoms with Gasteiger partial charge >= 0.3 is 0 Å². The molecule has 106 valence electrons. The van der Waals surface area contributed by atoms with Crippen molar-refractivity contribution in [3.05, 3.63) is 65.0 Å². The van der Waals surface area contributed by atoms with Crippen molar-refractivity contribution in [1.82, 2.24) is 5.43 Å². The van der Waals surface area contributed by atoms with E-state index in [1.807, 2.05) is 31.2 Å². The summed E-state index contributed by atoms with van der Waals surface area (Å²) in [5.74, 6) is 6.24. The molecule has 2 aromatic carbocycles. The zero-order chi connectivity index (χ0) is 14.5. The number of hydrogen-bond acceptors (Lipinski definition) is 3. The summed E-state index contributed by atoms with van der Waals surface area (Å²) in [5.41, 5.74) is 5.87. The van der Waals surface area contributed by atoms with Crippen LogP contribution in [-0.2, 0) is 6.42 Å². The van der Waals surface area contributed by atoms with Gasteiger partial charge in [-0.1, -0.05) is 18.2 Å². The summed E-state index contributed by atoms with van der Waals surface area (Å²) >= 11 is 0. The molecule has 0 aromatic heterocycles. The largest absolute Gasteiger partial charge is 0.497 e. The molecule has 0 aliphatic carbocycles. The minimum Gasteiger partial charge on any atom is -0.497 e. The van der Waals surface area contributed by atoms with Crippen molar-refractivity contribution in [2.24, 2.45) is 5.84 Å². The number of benzene rings is 2. The van der Waals surface area contributed by atoms with Crippen LogP contribution in [0.1, 0.15) is 22.7 Å². The van der Waals surface area contributed by atoms with Gasteiger partial charge in [-0.15, -0.1) is 0 Å². The molecule has 2 rings (SSSR count). The van der Waals surface area contributed by atoms with Crippen molar-refractivity contribution in [3.8, 4) is 5.75 Å². The highest BCUT2D eigenvalue weighted by Gasteiger charge is 2.14. The number of halogens is 1. The molecular weight excluding hydrogens is 255 g/mol. The molecule has 0 aliphatic heterocycles. The molecule has 1 unspecified atom stereocenters. The molecule has 4 heteroatoms. The van der Waals surface area contributed by atoms with Gasteiger partial charge in [-0.25, -0.2) is 4.39 Å². The predicted octanol–water partition coefficient (Wildman–Crippen LogP) is 2.89. The summed E-state index contributed by atoms with van der Waals surface area (Å²) < 4.78 is 18.4. The monoisotopic (exact) mass is 274 g/mol. The van der Waals surface area contributed by atoms with Gasteiger partial charge in [-0.3, -0.25) is 11.3 Å². The Morgan fingerprint density at radius 2 is 2.05 bits per heavy atom. The fraction of sp³-hybridized carbons (Fsp3) is 0.250. The van der Waals surface area contributed by atoms with Crippen molar-refractivity contribution >= 4 is 0 Å². The summed E-state index contributed by atoms with van der Waals surface area (Å²) in [6.07, 6.45) is 0.626. The lowest BCUT2D eigenvalue weighted by Gasteiger charge is -2.19. The van der Waals surface area contributed by atoms with Crippen LogP contribution in [-0.4, -0.2) is 7.11 Å². The van der Waals surface area contributed by atoms with Crippen LogP contribution in [0.2, 0.25) is 0 Å². The fourth-order valence-corrected chi connectivity index (χ4v) is 2.32. The number of nitrogens with one attached hydrogen (secondary N) is 1. The van der Waals surface area contributed by atoms with Crippen LogP contribution in [0.15, 0.2) is 42.5 Å². The zero-order valence-corrected chi connectivity index (χ0v) is 11.7. The van der Waals surface area contributed by atoms with Crippen molar-refractivity contribution < 1.29 is 9.13 Å². The first kappa shape index (κ1) is 14.5. The van der Waals surface area contributed by atoms with E-state index in [2.05, 4.69) is 5.43 Å². The van der Waals surface area contributed by atoms with Gasteiger partial charge in [0.15, 0.2) is 0 Å². The average Bonchev–Trinajstić information content (AvgIpc) is 2.45. The normalized spacial score (nSPS) is 12.2. The molecule has 0 aliphatic rings. The third-order valence-electron chi connectivity index (χ3n) is 3.38. The average molecular weight is 274 g/mol. The quantitative estimate of drug-likeness (QED) is 0.651. The molecule has 2 aromatic rings. The summed E-state index contributed by atoms with van der Waals surface area (Å²) in [6.45, 7) is 2.01. The van der Waals surface area contributed by atoms with E-state index in [9.17, 15) is 4.39 Å². The minimum absolute atomic E-state index is 0.0669. The topological polar surface area (TPSA) is 47.3 Å². The molecule has 3 N–H and O–H groups in total. The lowest BCUT2D eigenvalue weighted by atomic mass is 9.95. The van der Waals surface area contributed by atoms with Gasteiger partial charge in [-0.05, 0) is 54.3 Å². The van der Waals surface area contributed by atoms with E-state index in [-0.39, 0.29) is 11.9 Å². The number of rotatable bonds is 5. The highest BCUT2D eigenvalue weighted by atomic mass is 19.1. The Kier molecular flexibility index (Phi) is 4.71. The first-order chi connectivity index (χ1) is 9.63. The number of hydrogen-bond donors (Lipinski definition) is 2. The lowest BCUT2D eigenvalue weighted by molar-refractivity contribution is 0.414. The van der Waals surface area contributed by atoms with Crippen LogP contribution in [0, 0.1) is 12.7 Å². The van der Waals surface area contributed by atoms with Crippen LogP contribution in [0.25, 0.3) is 0 Å². The Morgan fingerprint density at radius 1 is 1.25 bits per heavy atom. The van der Waals surface area contributed by atoms with E-state index in [4.69, 9.17) is 10.6 Å². The van der Waals surface area contributed by atoms with Crippen LogP contribution < -0.4 is 16.0 Å². The van der Waals surface area contributed by atoms with E-state index in [0.717, 1.165) is 22.4 Å². The SMILES string of the molecule is COc1ccc(C(Cc2cccc(F)c2)NN)c(C)c1. The highest BCUT2D eigenvalue weighted by molar-refractivity contribution is 5.37. The number of ether oxygens (including phenoxy) is 1. The molecular formula is C16H19FN2O. The number of aryl methyl sites for hydroxylation is 1. The highest BCUT2D eigenvalue weighted by Crippen LogP contribution is 2.25. The Labute approximate surface area is 118 Å². The first-order valence-electron chi connectivity index (χ1n) is 6.49. The second kappa shape index (κ2) is 6.50. The molecule has 3 nitrogen and oxygen atoms in total. The van der Waals surface area contributed by atoms with E-state index in [0.29, 0.717) is 6.42 Å². The number of methoxy groups -OCH3 is 1. The maximum absolute atomic E-state index is 13.2. The molecule has 0 saturated heterocycles. The smallest absolute Gasteiger partial charge is 0.123 e. The van der Waals surface area contributed by atoms with E-state index < -0.39 is 0 Å². The van der Waals surface area contributed by atoms with Crippen molar-refractivity contribution in [1.29, 1.82) is 0 Å². The van der Waals surface area contributed by atoms with Gasteiger partial charge in [0.1, 0.15) is 11.6 Å². The number of nitrogens with two attached hydrogens (primary N) is 1. The third-order valence-corrected chi connectivity index (χ3v) is 3.38. The Morgan fingerprint density at radius 3 is 2.65 bits per heavy atom. The van der Waals surface area contributed by atoms with Crippen molar-refractivity contribution in [2.75, 3.05) is 7.11 Å². The molecule has 20 heavy (non-hydrogen) atoms. The lowest BCUT2D eigenvalue weighted by Crippen LogP contribution is -2.30. The minimum atomic E-state index is -0.232. The van der Waals surface area contributed by atoms with Gasteiger partial charge in [0.2, 0.25) is 0 Å². The van der Waals surface area contributed by atoms with Gasteiger partial charge in [0.05, 0.1) is 13.2 Å². The van der Waals surface area contributed by atoms with Crippen molar-refractivity contribution in [3.63, 3.8) is 0 Å². The molecule has 0 radical (unpaired) electrons. The maximum atomic E-state index is 13.2. The van der Waals surface area contributed by atoms with E-state index in [1.165, 1.54) is 12.1 Å². The van der Waals surface area contributed by atoms with E-state index >= 15 is 0 Å². The van der Waals surface area contributed by atoms with Crippen LogP contribution in [0.5, 0.6) is 5.75 Å². The summed E-state index contributed by atoms with van der Waals surface area (Å²) in [6, 6.07) is 12.4. The zero-order valence-electron chi connectivity index (χ0n) is 11.7. The molecule has 0 heterocycles. The predicted molar refractivity (Wildman–Crippen MR) is 77.9 cm³/mol. The summed E-state index contributed by atoms with van der Waals surface area (Å²) in [7, 11) is 1.64. The van der Waals surface area contributed by atoms with Crippen molar-refractivity contribution in [2.45, 2.75) is 19.4 Å². The standard InChI is InChI=1S/C16H19FN2O/c1-11-8-14(20-2)6-7-15(11)16(19-18)10-12-4-3-5-13(17)9-12/h3-9,16,19H,10,18H2,1-2H3. The Balaban J connectivity index is 2.24. The molecule has 0 saturated carbocycles. The van der Waals surface area contributed by atoms with E-state index in [1.54, 1.807) is 13.2 Å². The second-order valence-electron chi connectivity index (χ2n) is 4.78. The third kappa shape index (κ3) is 3.35. The second-order valence-corrected chi connectivity index (χ2v) is 4.78. The van der Waals surface area contributed by atoms with Gasteiger partial charge in [0.25, 0.3) is 0 Å². The Hall–Kier alpha value is -1.91. The van der Waals surface area contributed by atoms with Gasteiger partial charge < -0.3 is 4.74 Å². The molecule has 0 spiro atoms. The molecule has 0 fully saturated rings. The molecule has 0 bridgehead atoms. The van der Waals surface area contributed by atoms with Gasteiger partial charge in [-0.2, -0.15) is 0 Å². The summed E-state index contributed by atoms with van der Waals surface area (Å²) in [5, 5.41) is 0. The maximum Gasteiger partial charge on any atom is 0.123 e. The van der Waals surface area contributed by atoms with Gasteiger partial charge in [0, 0.05) is 0 Å². The van der Waals surface area contributed by atoms with Crippen LogP contribution in [0.4, 0.5) is 4.39 Å². The van der Waals surface area contributed by atoms with Crippen LogP contribution in [0.3, 0.4) is 0 Å². The first-order valence-corrected chi connectivity index (χ1v) is 6.49. The molecule has 1 atom stereocenters. The number of hydrazine groups is 1. The van der Waals surface area contributed by atoms with Crippen LogP contribution >= 0.6 is 0 Å². The Bertz CT molecular complexity index is 586. The fourth-order valence-electron chi connectivity index (χ4n) is 2.32. The molecule has 0 amide bonds. The summed E-state index contributed by atoms with van der Waals surface area (Å²) in [4.78, 5) is 0.